The van der Waals surface area contributed by atoms with Crippen LogP contribution in [-0.4, -0.2) is 34.8 Å². The highest BCUT2D eigenvalue weighted by Gasteiger charge is 2.46. The van der Waals surface area contributed by atoms with Crippen molar-refractivity contribution in [3.05, 3.63) is 63.6 Å². The van der Waals surface area contributed by atoms with E-state index in [1.54, 1.807) is 24.1 Å². The molecule has 5 nitrogen and oxygen atoms in total. The summed E-state index contributed by atoms with van der Waals surface area (Å²) < 4.78 is 5.35. The van der Waals surface area contributed by atoms with Gasteiger partial charge in [-0.15, -0.1) is 11.3 Å². The summed E-state index contributed by atoms with van der Waals surface area (Å²) in [5.74, 6) is -0.494. The molecule has 1 amide bonds. The van der Waals surface area contributed by atoms with Crippen LogP contribution in [0.15, 0.2) is 53.1 Å². The monoisotopic (exact) mass is 397 g/mol. The summed E-state index contributed by atoms with van der Waals surface area (Å²) in [5.41, 5.74) is 0.952. The van der Waals surface area contributed by atoms with E-state index in [1.165, 1.54) is 11.3 Å². The molecule has 0 radical (unpaired) electrons. The van der Waals surface area contributed by atoms with Crippen molar-refractivity contribution in [1.29, 1.82) is 0 Å². The highest BCUT2D eigenvalue weighted by atomic mass is 32.1. The molecule has 1 aromatic carbocycles. The average Bonchev–Trinajstić information content (AvgIpc) is 3.36. The zero-order valence-corrected chi connectivity index (χ0v) is 16.6. The molecule has 1 saturated carbocycles. The molecule has 1 aliphatic heterocycles. The van der Waals surface area contributed by atoms with Crippen molar-refractivity contribution in [2.75, 3.05) is 7.11 Å². The molecule has 28 heavy (non-hydrogen) atoms. The number of methoxy groups -OCH3 is 1. The fourth-order valence-corrected chi connectivity index (χ4v) is 4.95. The topological polar surface area (TPSA) is 66.8 Å². The number of hydrogen-bond donors (Lipinski definition) is 1. The molecule has 0 saturated heterocycles. The number of ether oxygens (including phenoxy) is 1. The number of thiophene rings is 1. The molecule has 146 valence electrons. The van der Waals surface area contributed by atoms with E-state index in [2.05, 4.69) is 0 Å². The molecular weight excluding hydrogens is 374 g/mol. The lowest BCUT2D eigenvalue weighted by molar-refractivity contribution is -0.132. The lowest BCUT2D eigenvalue weighted by atomic mass is 9.90. The highest BCUT2D eigenvalue weighted by molar-refractivity contribution is 7.12. The van der Waals surface area contributed by atoms with Gasteiger partial charge in [0.15, 0.2) is 5.76 Å². The Balaban J connectivity index is 1.81. The van der Waals surface area contributed by atoms with Crippen LogP contribution >= 0.6 is 11.3 Å². The standard InChI is InChI=1S/C22H23NO4S/c1-27-16-10-5-7-14(13-16)19-18(20(24)17-11-6-12-28-17)21(25)22(26)23(19)15-8-3-2-4-9-15/h5-7,10-13,15,19,25H,2-4,8-9H2,1H3. The Kier molecular flexibility index (Phi) is 5.22. The molecule has 0 bridgehead atoms. The second-order valence-corrected chi connectivity index (χ2v) is 8.20. The van der Waals surface area contributed by atoms with Crippen LogP contribution in [0.25, 0.3) is 0 Å². The van der Waals surface area contributed by atoms with Gasteiger partial charge >= 0.3 is 0 Å². The molecule has 1 N–H and O–H groups in total. The third-order valence-electron chi connectivity index (χ3n) is 5.61. The number of aliphatic hydroxyl groups is 1. The lowest BCUT2D eigenvalue weighted by Gasteiger charge is -2.36. The maximum atomic E-state index is 13.2. The highest BCUT2D eigenvalue weighted by Crippen LogP contribution is 2.43. The summed E-state index contributed by atoms with van der Waals surface area (Å²) in [4.78, 5) is 28.5. The van der Waals surface area contributed by atoms with E-state index in [1.807, 2.05) is 29.6 Å². The van der Waals surface area contributed by atoms with E-state index in [4.69, 9.17) is 4.74 Å². The maximum absolute atomic E-state index is 13.2. The first-order valence-corrected chi connectivity index (χ1v) is 10.5. The molecule has 1 atom stereocenters. The minimum absolute atomic E-state index is 0.0215. The van der Waals surface area contributed by atoms with Crippen LogP contribution in [0.4, 0.5) is 0 Å². The molecule has 1 aromatic heterocycles. The van der Waals surface area contributed by atoms with Crippen molar-refractivity contribution in [3.8, 4) is 5.75 Å². The van der Waals surface area contributed by atoms with Crippen LogP contribution < -0.4 is 4.74 Å². The molecule has 6 heteroatoms. The minimum atomic E-state index is -0.597. The van der Waals surface area contributed by atoms with Crippen LogP contribution in [0.1, 0.15) is 53.4 Å². The van der Waals surface area contributed by atoms with E-state index in [-0.39, 0.29) is 17.4 Å². The third-order valence-corrected chi connectivity index (χ3v) is 6.48. The van der Waals surface area contributed by atoms with Gasteiger partial charge in [-0.25, -0.2) is 0 Å². The zero-order valence-electron chi connectivity index (χ0n) is 15.8. The normalized spacial score (nSPS) is 20.7. The number of ketones is 1. The van der Waals surface area contributed by atoms with Gasteiger partial charge in [-0.05, 0) is 42.0 Å². The van der Waals surface area contributed by atoms with Gasteiger partial charge < -0.3 is 14.7 Å². The Bertz CT molecular complexity index is 912. The van der Waals surface area contributed by atoms with Gasteiger partial charge in [0.1, 0.15) is 5.75 Å². The van der Waals surface area contributed by atoms with Crippen LogP contribution in [0.3, 0.4) is 0 Å². The quantitative estimate of drug-likeness (QED) is 0.745. The Morgan fingerprint density at radius 2 is 1.96 bits per heavy atom. The molecule has 4 rings (SSSR count). The van der Waals surface area contributed by atoms with Gasteiger partial charge in [-0.1, -0.05) is 37.5 Å². The summed E-state index contributed by atoms with van der Waals surface area (Å²) in [7, 11) is 1.59. The second kappa shape index (κ2) is 7.80. The Morgan fingerprint density at radius 3 is 2.64 bits per heavy atom. The van der Waals surface area contributed by atoms with Crippen LogP contribution in [0.2, 0.25) is 0 Å². The van der Waals surface area contributed by atoms with Crippen LogP contribution in [0.5, 0.6) is 5.75 Å². The second-order valence-electron chi connectivity index (χ2n) is 7.25. The number of aliphatic hydroxyl groups excluding tert-OH is 1. The number of hydrogen-bond acceptors (Lipinski definition) is 5. The molecular formula is C22H23NO4S. The Labute approximate surface area is 168 Å². The van der Waals surface area contributed by atoms with Gasteiger partial charge in [-0.3, -0.25) is 9.59 Å². The molecule has 2 heterocycles. The first kappa shape index (κ1) is 18.7. The van der Waals surface area contributed by atoms with Gasteiger partial charge in [0.2, 0.25) is 5.78 Å². The van der Waals surface area contributed by atoms with Crippen molar-refractivity contribution in [2.24, 2.45) is 0 Å². The predicted octanol–water partition coefficient (Wildman–Crippen LogP) is 4.67. The first-order valence-electron chi connectivity index (χ1n) is 9.59. The summed E-state index contributed by atoms with van der Waals surface area (Å²) in [6.07, 6.45) is 5.03. The summed E-state index contributed by atoms with van der Waals surface area (Å²) in [6.45, 7) is 0. The van der Waals surface area contributed by atoms with Crippen molar-refractivity contribution >= 4 is 23.0 Å². The summed E-state index contributed by atoms with van der Waals surface area (Å²) in [5, 5.41) is 12.5. The molecule has 2 aliphatic rings. The molecule has 1 aliphatic carbocycles. The van der Waals surface area contributed by atoms with Gasteiger partial charge in [0.05, 0.1) is 23.6 Å². The fourth-order valence-electron chi connectivity index (χ4n) is 4.27. The van der Waals surface area contributed by atoms with E-state index >= 15 is 0 Å². The van der Waals surface area contributed by atoms with Crippen molar-refractivity contribution in [3.63, 3.8) is 0 Å². The SMILES string of the molecule is COc1cccc(C2C(C(=O)c3cccs3)=C(O)C(=O)N2C2CCCCC2)c1. The third kappa shape index (κ3) is 3.22. The molecule has 0 spiro atoms. The zero-order chi connectivity index (χ0) is 19.7. The molecule has 1 unspecified atom stereocenters. The fraction of sp³-hybridized carbons (Fsp3) is 0.364. The Morgan fingerprint density at radius 1 is 1.18 bits per heavy atom. The van der Waals surface area contributed by atoms with Crippen molar-refractivity contribution in [1.82, 2.24) is 4.90 Å². The largest absolute Gasteiger partial charge is 0.503 e. The van der Waals surface area contributed by atoms with Crippen LogP contribution in [-0.2, 0) is 4.79 Å². The van der Waals surface area contributed by atoms with E-state index in [9.17, 15) is 14.7 Å². The number of benzene rings is 1. The summed E-state index contributed by atoms with van der Waals surface area (Å²) in [6, 6.07) is 10.4. The summed E-state index contributed by atoms with van der Waals surface area (Å²) >= 11 is 1.31. The lowest BCUT2D eigenvalue weighted by Crippen LogP contribution is -2.41. The predicted molar refractivity (Wildman–Crippen MR) is 108 cm³/mol. The number of Topliss-reactive ketones (excluding diaryl/α,β-unsaturated/α-hetero) is 1. The number of amides is 1. The average molecular weight is 397 g/mol. The minimum Gasteiger partial charge on any atom is -0.503 e. The van der Waals surface area contributed by atoms with E-state index in [0.717, 1.165) is 37.7 Å². The van der Waals surface area contributed by atoms with E-state index in [0.29, 0.717) is 10.6 Å². The first-order chi connectivity index (χ1) is 13.6. The van der Waals surface area contributed by atoms with E-state index < -0.39 is 17.7 Å². The maximum Gasteiger partial charge on any atom is 0.290 e. The van der Waals surface area contributed by atoms with Gasteiger partial charge in [0, 0.05) is 6.04 Å². The van der Waals surface area contributed by atoms with Gasteiger partial charge in [-0.2, -0.15) is 0 Å². The molecule has 1 fully saturated rings. The number of rotatable bonds is 5. The molecule has 2 aromatic rings. The Hall–Kier alpha value is -2.60. The number of carbonyl (C=O) groups excluding carboxylic acids is 2. The number of carbonyl (C=O) groups is 2. The van der Waals surface area contributed by atoms with Crippen molar-refractivity contribution < 1.29 is 19.4 Å². The smallest absolute Gasteiger partial charge is 0.290 e. The van der Waals surface area contributed by atoms with Crippen molar-refractivity contribution in [2.45, 2.75) is 44.2 Å². The van der Waals surface area contributed by atoms with Crippen LogP contribution in [0, 0.1) is 0 Å². The number of nitrogens with zero attached hydrogens (tertiary/aromatic N) is 1. The van der Waals surface area contributed by atoms with Gasteiger partial charge in [0.25, 0.3) is 5.91 Å².